The maximum atomic E-state index is 12.1. The van der Waals surface area contributed by atoms with E-state index in [4.69, 9.17) is 9.56 Å². The van der Waals surface area contributed by atoms with Crippen molar-refractivity contribution in [3.05, 3.63) is 53.5 Å². The second-order valence-electron chi connectivity index (χ2n) is 5.01. The Morgan fingerprint density at radius 2 is 1.79 bits per heavy atom. The average Bonchev–Trinajstić information content (AvgIpc) is 3.04. The highest BCUT2D eigenvalue weighted by atomic mass is 32.2. The first kappa shape index (κ1) is 17.7. The molecule has 0 aliphatic rings. The van der Waals surface area contributed by atoms with E-state index in [1.165, 1.54) is 30.5 Å². The summed E-state index contributed by atoms with van der Waals surface area (Å²) in [5.41, 5.74) is 0.818. The zero-order valence-electron chi connectivity index (χ0n) is 12.9. The zero-order chi connectivity index (χ0) is 17.7. The summed E-state index contributed by atoms with van der Waals surface area (Å²) in [6.07, 6.45) is 1.39. The molecule has 0 saturated heterocycles. The number of carbonyl (C=O) groups is 2. The molecule has 0 bridgehead atoms. The molecular formula is C15H17N3O5S. The molecule has 2 amide bonds. The fourth-order valence-electron chi connectivity index (χ4n) is 1.96. The Kier molecular flexibility index (Phi) is 5.37. The number of furan rings is 1. The van der Waals surface area contributed by atoms with Crippen LogP contribution in [0.25, 0.3) is 0 Å². The van der Waals surface area contributed by atoms with Crippen LogP contribution < -0.4 is 15.8 Å². The van der Waals surface area contributed by atoms with Crippen molar-refractivity contribution >= 4 is 21.8 Å². The number of rotatable bonds is 6. The largest absolute Gasteiger partial charge is 0.459 e. The molecule has 2 rings (SSSR count). The second kappa shape index (κ2) is 7.28. The van der Waals surface area contributed by atoms with E-state index in [0.717, 1.165) is 0 Å². The summed E-state index contributed by atoms with van der Waals surface area (Å²) in [6.45, 7) is 2.05. The Bertz CT molecular complexity index is 844. The summed E-state index contributed by atoms with van der Waals surface area (Å²) in [5.74, 6) is -0.662. The van der Waals surface area contributed by atoms with Crippen molar-refractivity contribution in [1.29, 1.82) is 0 Å². The molecule has 0 atom stereocenters. The highest BCUT2D eigenvalue weighted by Crippen LogP contribution is 2.14. The molecule has 128 valence electrons. The van der Waals surface area contributed by atoms with Gasteiger partial charge in [0.05, 0.1) is 11.2 Å². The molecule has 8 nitrogen and oxygen atoms in total. The van der Waals surface area contributed by atoms with Crippen LogP contribution in [0.3, 0.4) is 0 Å². The topological polar surface area (TPSA) is 132 Å². The molecule has 0 spiro atoms. The maximum Gasteiger partial charge on any atom is 0.287 e. The standard InChI is InChI=1S/C15H17N3O5S/c1-10-4-5-11(24(16,21)22)9-12(10)14(19)17-6-7-18-15(20)13-3-2-8-23-13/h2-5,8-9H,6-7H2,1H3,(H,17,19)(H,18,20)(H2,16,21,22). The Labute approximate surface area is 139 Å². The van der Waals surface area contributed by atoms with Crippen LogP contribution in [0.5, 0.6) is 0 Å². The van der Waals surface area contributed by atoms with Crippen molar-refractivity contribution in [3.63, 3.8) is 0 Å². The van der Waals surface area contributed by atoms with E-state index in [2.05, 4.69) is 10.6 Å². The number of nitrogens with two attached hydrogens (primary N) is 1. The Hall–Kier alpha value is -2.65. The van der Waals surface area contributed by atoms with Crippen LogP contribution in [-0.2, 0) is 10.0 Å². The number of hydrogen-bond acceptors (Lipinski definition) is 5. The van der Waals surface area contributed by atoms with Crippen molar-refractivity contribution in [2.24, 2.45) is 5.14 Å². The van der Waals surface area contributed by atoms with Gasteiger partial charge in [0.15, 0.2) is 5.76 Å². The van der Waals surface area contributed by atoms with Crippen LogP contribution in [0.4, 0.5) is 0 Å². The first-order valence-electron chi connectivity index (χ1n) is 7.02. The predicted molar refractivity (Wildman–Crippen MR) is 85.9 cm³/mol. The molecule has 1 aromatic heterocycles. The molecule has 4 N–H and O–H groups in total. The van der Waals surface area contributed by atoms with E-state index in [-0.39, 0.29) is 35.2 Å². The lowest BCUT2D eigenvalue weighted by atomic mass is 10.1. The van der Waals surface area contributed by atoms with Crippen molar-refractivity contribution in [2.45, 2.75) is 11.8 Å². The molecule has 0 saturated carbocycles. The van der Waals surface area contributed by atoms with Gasteiger partial charge < -0.3 is 15.1 Å². The molecule has 0 aliphatic heterocycles. The Morgan fingerprint density at radius 1 is 1.12 bits per heavy atom. The van der Waals surface area contributed by atoms with Gasteiger partial charge in [-0.3, -0.25) is 9.59 Å². The van der Waals surface area contributed by atoms with E-state index in [0.29, 0.717) is 5.56 Å². The van der Waals surface area contributed by atoms with E-state index in [1.54, 1.807) is 13.0 Å². The first-order valence-corrected chi connectivity index (χ1v) is 8.57. The number of sulfonamides is 1. The van der Waals surface area contributed by atoms with Crippen molar-refractivity contribution < 1.29 is 22.4 Å². The third kappa shape index (κ3) is 4.43. The molecular weight excluding hydrogens is 334 g/mol. The van der Waals surface area contributed by atoms with Crippen LogP contribution >= 0.6 is 0 Å². The number of primary sulfonamides is 1. The molecule has 1 heterocycles. The molecule has 9 heteroatoms. The van der Waals surface area contributed by atoms with Gasteiger partial charge in [-0.1, -0.05) is 6.07 Å². The fourth-order valence-corrected chi connectivity index (χ4v) is 2.50. The van der Waals surface area contributed by atoms with Crippen molar-refractivity contribution in [2.75, 3.05) is 13.1 Å². The number of benzene rings is 1. The monoisotopic (exact) mass is 351 g/mol. The normalized spacial score (nSPS) is 11.1. The Morgan fingerprint density at radius 3 is 2.38 bits per heavy atom. The van der Waals surface area contributed by atoms with Crippen LogP contribution in [0, 0.1) is 6.92 Å². The van der Waals surface area contributed by atoms with Gasteiger partial charge in [0, 0.05) is 18.7 Å². The van der Waals surface area contributed by atoms with Crippen LogP contribution in [0.2, 0.25) is 0 Å². The highest BCUT2D eigenvalue weighted by Gasteiger charge is 2.14. The van der Waals surface area contributed by atoms with Crippen LogP contribution in [0.1, 0.15) is 26.5 Å². The van der Waals surface area contributed by atoms with Gasteiger partial charge in [0.25, 0.3) is 11.8 Å². The number of hydrogen-bond donors (Lipinski definition) is 3. The van der Waals surface area contributed by atoms with Crippen LogP contribution in [0.15, 0.2) is 45.9 Å². The van der Waals surface area contributed by atoms with Crippen LogP contribution in [-0.4, -0.2) is 33.3 Å². The number of nitrogens with one attached hydrogen (secondary N) is 2. The smallest absolute Gasteiger partial charge is 0.287 e. The highest BCUT2D eigenvalue weighted by molar-refractivity contribution is 7.89. The lowest BCUT2D eigenvalue weighted by Crippen LogP contribution is -2.34. The number of carbonyl (C=O) groups excluding carboxylic acids is 2. The summed E-state index contributed by atoms with van der Waals surface area (Å²) in [5, 5.41) is 10.2. The van der Waals surface area contributed by atoms with E-state index < -0.39 is 15.9 Å². The minimum atomic E-state index is -3.88. The van der Waals surface area contributed by atoms with Gasteiger partial charge in [-0.05, 0) is 36.8 Å². The maximum absolute atomic E-state index is 12.1. The van der Waals surface area contributed by atoms with Gasteiger partial charge >= 0.3 is 0 Å². The fraction of sp³-hybridized carbons (Fsp3) is 0.200. The lowest BCUT2D eigenvalue weighted by Gasteiger charge is -2.09. The molecule has 0 fully saturated rings. The summed E-state index contributed by atoms with van der Waals surface area (Å²) < 4.78 is 27.6. The average molecular weight is 351 g/mol. The van der Waals surface area contributed by atoms with Gasteiger partial charge in [0.2, 0.25) is 10.0 Å². The number of aryl methyl sites for hydroxylation is 1. The second-order valence-corrected chi connectivity index (χ2v) is 6.57. The van der Waals surface area contributed by atoms with Gasteiger partial charge in [-0.2, -0.15) is 0 Å². The van der Waals surface area contributed by atoms with Crippen molar-refractivity contribution in [3.8, 4) is 0 Å². The molecule has 0 aliphatic carbocycles. The zero-order valence-corrected chi connectivity index (χ0v) is 13.7. The predicted octanol–water partition coefficient (Wildman–Crippen LogP) is 0.395. The SMILES string of the molecule is Cc1ccc(S(N)(=O)=O)cc1C(=O)NCCNC(=O)c1ccco1. The molecule has 24 heavy (non-hydrogen) atoms. The van der Waals surface area contributed by atoms with Gasteiger partial charge in [0.1, 0.15) is 0 Å². The lowest BCUT2D eigenvalue weighted by molar-refractivity contribution is 0.0910. The summed E-state index contributed by atoms with van der Waals surface area (Å²) in [7, 11) is -3.88. The number of amides is 2. The Balaban J connectivity index is 1.92. The molecule has 2 aromatic rings. The molecule has 0 unspecified atom stereocenters. The van der Waals surface area contributed by atoms with Gasteiger partial charge in [-0.15, -0.1) is 0 Å². The molecule has 1 aromatic carbocycles. The van der Waals surface area contributed by atoms with Gasteiger partial charge in [-0.25, -0.2) is 13.6 Å². The third-order valence-corrected chi connectivity index (χ3v) is 4.13. The summed E-state index contributed by atoms with van der Waals surface area (Å²) >= 11 is 0. The van der Waals surface area contributed by atoms with Crippen molar-refractivity contribution in [1.82, 2.24) is 10.6 Å². The summed E-state index contributed by atoms with van der Waals surface area (Å²) in [4.78, 5) is 23.6. The van der Waals surface area contributed by atoms with E-state index in [1.807, 2.05) is 0 Å². The van der Waals surface area contributed by atoms with E-state index in [9.17, 15) is 18.0 Å². The molecule has 0 radical (unpaired) electrons. The quantitative estimate of drug-likeness (QED) is 0.648. The third-order valence-electron chi connectivity index (χ3n) is 3.22. The minimum Gasteiger partial charge on any atom is -0.459 e. The van der Waals surface area contributed by atoms with E-state index >= 15 is 0 Å². The summed E-state index contributed by atoms with van der Waals surface area (Å²) in [6, 6.07) is 7.19. The first-order chi connectivity index (χ1) is 11.3. The minimum absolute atomic E-state index is 0.135.